The number of hydrogen-bond donors (Lipinski definition) is 0. The molecule has 0 amide bonds. The van der Waals surface area contributed by atoms with Crippen molar-refractivity contribution >= 4 is 22.1 Å². The molecule has 2 aromatic carbocycles. The molecule has 0 atom stereocenters. The van der Waals surface area contributed by atoms with Crippen LogP contribution in [0.2, 0.25) is 0 Å². The molecular formula is C15H8BO2V6-. The van der Waals surface area contributed by atoms with E-state index >= 15 is 0 Å². The summed E-state index contributed by atoms with van der Waals surface area (Å²) in [5.41, 5.74) is 3.28. The molecule has 0 unspecified atom stereocenters. The molecule has 0 spiro atoms. The summed E-state index contributed by atoms with van der Waals surface area (Å²) in [5, 5.41) is 0. The number of ether oxygens (including phenoxy) is 2. The van der Waals surface area contributed by atoms with Gasteiger partial charge in [0.15, 0.2) is 0 Å². The first-order valence-corrected chi connectivity index (χ1v) is 10.2. The number of para-hydroxylation sites is 2. The zero-order chi connectivity index (χ0) is 14.8. The maximum absolute atomic E-state index is 5.83. The molecule has 0 saturated carbocycles. The van der Waals surface area contributed by atoms with E-state index in [1.54, 1.807) is 0 Å². The predicted molar refractivity (Wildman–Crippen MR) is 70.9 cm³/mol. The molecule has 2 aliphatic heterocycles. The van der Waals surface area contributed by atoms with Gasteiger partial charge in [-0.1, -0.05) is 0 Å². The molecule has 0 bridgehead atoms. The van der Waals surface area contributed by atoms with Gasteiger partial charge in [0.1, 0.15) is 0 Å². The van der Waals surface area contributed by atoms with E-state index in [0.29, 0.717) is 0 Å². The maximum atomic E-state index is 5.83. The number of hydrogen-bond acceptors (Lipinski definition) is 2. The topological polar surface area (TPSA) is 18.5 Å². The summed E-state index contributed by atoms with van der Waals surface area (Å²) < 4.78 is 12.2. The van der Waals surface area contributed by atoms with Crippen LogP contribution in [-0.2, 0) is 102 Å². The average Bonchev–Trinajstić information content (AvgIpc) is 2.56. The Hall–Kier alpha value is 1.22. The molecular weight excluding hydrogens is 529 g/mol. The first-order valence-electron chi connectivity index (χ1n) is 6.26. The van der Waals surface area contributed by atoms with Crippen LogP contribution in [0.15, 0.2) is 54.0 Å². The van der Waals surface area contributed by atoms with Gasteiger partial charge in [-0.05, 0) is 0 Å². The van der Waals surface area contributed by atoms with Crippen molar-refractivity contribution in [1.29, 1.82) is 0 Å². The van der Waals surface area contributed by atoms with Crippen molar-refractivity contribution in [2.45, 2.75) is 0 Å². The fourth-order valence-corrected chi connectivity index (χ4v) is 3.02. The van der Waals surface area contributed by atoms with E-state index in [2.05, 4.69) is 64.6 Å². The van der Waals surface area contributed by atoms with Crippen molar-refractivity contribution in [3.8, 4) is 11.5 Å². The molecule has 0 aliphatic carbocycles. The third-order valence-electron chi connectivity index (χ3n) is 3.46. The van der Waals surface area contributed by atoms with Crippen LogP contribution < -0.4 is 20.4 Å². The van der Waals surface area contributed by atoms with Crippen LogP contribution in [0.1, 0.15) is 0 Å². The van der Waals surface area contributed by atoms with Crippen molar-refractivity contribution in [2.24, 2.45) is 0 Å². The van der Waals surface area contributed by atoms with Crippen molar-refractivity contribution in [3.63, 3.8) is 0 Å². The molecule has 2 nitrogen and oxygen atoms in total. The van der Waals surface area contributed by atoms with E-state index in [4.69, 9.17) is 9.47 Å². The summed E-state index contributed by atoms with van der Waals surface area (Å²) >= 11 is 6.96. The predicted octanol–water partition coefficient (Wildman–Crippen LogP) is 0.971. The van der Waals surface area contributed by atoms with Crippen LogP contribution in [0.25, 0.3) is 0 Å². The number of rotatable bonds is 0. The monoisotopic (exact) mass is 537 g/mol. The Morgan fingerprint density at radius 3 is 1.92 bits per heavy atom. The van der Waals surface area contributed by atoms with Crippen LogP contribution >= 0.6 is 0 Å². The van der Waals surface area contributed by atoms with E-state index in [1.165, 1.54) is 0 Å². The minimum absolute atomic E-state index is 0. The van der Waals surface area contributed by atoms with E-state index in [-0.39, 0.29) is 62.4 Å². The van der Waals surface area contributed by atoms with Crippen molar-refractivity contribution in [2.75, 3.05) is 0 Å². The van der Waals surface area contributed by atoms with Gasteiger partial charge in [0.2, 0.25) is 0 Å². The zero-order valence-corrected chi connectivity index (χ0v) is 20.6. The van der Waals surface area contributed by atoms with Crippen molar-refractivity contribution in [1.82, 2.24) is 0 Å². The van der Waals surface area contributed by atoms with Crippen LogP contribution in [0.5, 0.6) is 11.5 Å². The van der Waals surface area contributed by atoms with Crippen LogP contribution in [0.4, 0.5) is 0 Å². The average molecular weight is 537 g/mol. The van der Waals surface area contributed by atoms with Gasteiger partial charge in [0, 0.05) is 55.7 Å². The molecule has 2 heterocycles. The van der Waals surface area contributed by atoms with E-state index in [9.17, 15) is 0 Å². The third-order valence-corrected chi connectivity index (χ3v) is 3.98. The summed E-state index contributed by atoms with van der Waals surface area (Å²) in [4.78, 5) is 0. The molecule has 2 aromatic rings. The van der Waals surface area contributed by atoms with Crippen LogP contribution in [0.3, 0.4) is 0 Å². The van der Waals surface area contributed by atoms with Gasteiger partial charge in [0.25, 0.3) is 0 Å². The summed E-state index contributed by atoms with van der Waals surface area (Å²) in [6.07, 6.45) is 3.01. The van der Waals surface area contributed by atoms with Gasteiger partial charge in [-0.25, -0.2) is 0 Å². The van der Waals surface area contributed by atoms with Gasteiger partial charge in [-0.15, -0.1) is 0 Å². The Labute approximate surface area is 202 Å². The van der Waals surface area contributed by atoms with Crippen LogP contribution in [-0.4, -0.2) is 11.1 Å². The molecule has 3 radical (unpaired) electrons. The summed E-state index contributed by atoms with van der Waals surface area (Å²) in [6, 6.07) is 16.2. The second-order valence-electron chi connectivity index (χ2n) is 4.53. The molecule has 0 fully saturated rings. The van der Waals surface area contributed by atoms with E-state index < -0.39 is 0 Å². The zero-order valence-electron chi connectivity index (χ0n) is 12.2. The Morgan fingerprint density at radius 1 is 0.792 bits per heavy atom. The summed E-state index contributed by atoms with van der Waals surface area (Å²) in [6.45, 7) is 0.146. The van der Waals surface area contributed by atoms with Gasteiger partial charge >= 0.3 is 150 Å². The fraction of sp³-hybridized carbons (Fsp3) is 0. The third kappa shape index (κ3) is 4.93. The Morgan fingerprint density at radius 2 is 1.29 bits per heavy atom. The van der Waals surface area contributed by atoms with E-state index in [1.807, 2.05) is 36.4 Å². The Balaban J connectivity index is 0.00000102. The van der Waals surface area contributed by atoms with Gasteiger partial charge in [-0.2, -0.15) is 0 Å². The first kappa shape index (κ1) is 25.2. The Kier molecular flexibility index (Phi) is 12.4. The van der Waals surface area contributed by atoms with Gasteiger partial charge < -0.3 is 0 Å². The fourth-order valence-electron chi connectivity index (χ4n) is 2.60. The normalized spacial score (nSPS) is 12.3. The minimum atomic E-state index is 0. The molecule has 0 saturated heterocycles. The van der Waals surface area contributed by atoms with Crippen molar-refractivity contribution < 1.29 is 111 Å². The number of benzene rings is 2. The van der Waals surface area contributed by atoms with Gasteiger partial charge in [-0.3, -0.25) is 0 Å². The molecule has 0 N–H and O–H groups in total. The molecule has 0 aromatic heterocycles. The molecule has 114 valence electrons. The second-order valence-corrected chi connectivity index (χ2v) is 5.17. The second kappa shape index (κ2) is 11.8. The standard InChI is InChI=1S/C15H8BO2.6V/c1-3-7-14-12(5-1)16-11(9-17-14)10-18-15-8-4-2-6-13(15)16;;;;;;/h1-8H;;;;;;/q-1;;;;;;. The molecule has 2 aliphatic rings. The van der Waals surface area contributed by atoms with Gasteiger partial charge in [0.05, 0.1) is 0 Å². The summed E-state index contributed by atoms with van der Waals surface area (Å²) in [7, 11) is 0. The molecule has 9 heteroatoms. The first-order chi connectivity index (χ1) is 10.3. The quantitative estimate of drug-likeness (QED) is 0.369. The summed E-state index contributed by atoms with van der Waals surface area (Å²) in [5.74, 6) is 1.78. The molecule has 4 rings (SSSR count). The Bertz CT molecular complexity index is 752. The van der Waals surface area contributed by atoms with Crippen molar-refractivity contribution in [3.05, 3.63) is 60.3 Å². The van der Waals surface area contributed by atoms with Crippen LogP contribution in [0, 0.1) is 6.26 Å². The molecule has 24 heavy (non-hydrogen) atoms. The SMILES string of the molecule is [V].[V].[V].[V]=[C]1Oc2ccccc2B2C1=[C-]Oc1ccccc12.[V]=[V]. The number of fused-ring (bicyclic) bond motifs is 5. The van der Waals surface area contributed by atoms with E-state index in [0.717, 1.165) is 32.3 Å².